The molecule has 0 bridgehead atoms. The molecule has 1 aliphatic carbocycles. The quantitative estimate of drug-likeness (QED) is 0.613. The fourth-order valence-corrected chi connectivity index (χ4v) is 3.69. The Hall–Kier alpha value is -3.15. The molecule has 27 heavy (non-hydrogen) atoms. The van der Waals surface area contributed by atoms with E-state index >= 15 is 0 Å². The van der Waals surface area contributed by atoms with E-state index in [4.69, 9.17) is 9.57 Å². The van der Waals surface area contributed by atoms with Gasteiger partial charge in [0.25, 0.3) is 11.8 Å². The number of carbonyl (C=O) groups is 3. The van der Waals surface area contributed by atoms with Crippen LogP contribution in [0.2, 0.25) is 0 Å². The second kappa shape index (κ2) is 6.54. The number of aryl methyl sites for hydroxylation is 2. The summed E-state index contributed by atoms with van der Waals surface area (Å²) in [6.45, 7) is 4.11. The molecule has 1 aliphatic heterocycles. The summed E-state index contributed by atoms with van der Waals surface area (Å²) < 4.78 is 5.27. The summed E-state index contributed by atoms with van der Waals surface area (Å²) in [5.74, 6) is -1.17. The Morgan fingerprint density at radius 2 is 1.48 bits per heavy atom. The zero-order chi connectivity index (χ0) is 19.1. The second-order valence-corrected chi connectivity index (χ2v) is 6.97. The lowest BCUT2D eigenvalue weighted by atomic mass is 9.96. The van der Waals surface area contributed by atoms with Crippen LogP contribution in [0.1, 0.15) is 41.0 Å². The Kier molecular flexibility index (Phi) is 4.18. The minimum absolute atomic E-state index is 0.0496. The van der Waals surface area contributed by atoms with E-state index in [0.29, 0.717) is 5.06 Å². The first-order chi connectivity index (χ1) is 12.9. The number of carbonyl (C=O) groups excluding carboxylic acids is 3. The highest BCUT2D eigenvalue weighted by Gasteiger charge is 2.34. The molecule has 2 amide bonds. The highest BCUT2D eigenvalue weighted by atomic mass is 16.8. The van der Waals surface area contributed by atoms with E-state index in [-0.39, 0.29) is 25.4 Å². The molecule has 6 nitrogen and oxygen atoms in total. The van der Waals surface area contributed by atoms with Crippen LogP contribution in [0.4, 0.5) is 4.79 Å². The summed E-state index contributed by atoms with van der Waals surface area (Å²) in [5, 5.41) is 0.493. The molecule has 1 heterocycles. The molecule has 1 fully saturated rings. The maximum atomic E-state index is 12.0. The molecule has 0 N–H and O–H groups in total. The predicted molar refractivity (Wildman–Crippen MR) is 96.7 cm³/mol. The minimum Gasteiger partial charge on any atom is -0.432 e. The van der Waals surface area contributed by atoms with Crippen molar-refractivity contribution >= 4 is 18.0 Å². The fraction of sp³-hybridized carbons (Fsp3) is 0.286. The van der Waals surface area contributed by atoms with Gasteiger partial charge in [0.15, 0.2) is 0 Å². The molecule has 4 rings (SSSR count). The van der Waals surface area contributed by atoms with Gasteiger partial charge in [-0.05, 0) is 36.1 Å². The third-order valence-corrected chi connectivity index (χ3v) is 4.99. The molecular weight excluding hydrogens is 346 g/mol. The van der Waals surface area contributed by atoms with E-state index in [0.717, 1.165) is 33.4 Å². The highest BCUT2D eigenvalue weighted by Crippen LogP contribution is 2.45. The van der Waals surface area contributed by atoms with Gasteiger partial charge in [0.05, 0.1) is 0 Å². The number of hydroxylamine groups is 2. The lowest BCUT2D eigenvalue weighted by molar-refractivity contribution is -0.177. The van der Waals surface area contributed by atoms with E-state index in [9.17, 15) is 14.4 Å². The van der Waals surface area contributed by atoms with Gasteiger partial charge < -0.3 is 4.74 Å². The maximum Gasteiger partial charge on any atom is 0.533 e. The zero-order valence-electron chi connectivity index (χ0n) is 15.2. The van der Waals surface area contributed by atoms with Crippen molar-refractivity contribution < 1.29 is 24.0 Å². The second-order valence-electron chi connectivity index (χ2n) is 6.97. The van der Waals surface area contributed by atoms with Crippen LogP contribution >= 0.6 is 0 Å². The van der Waals surface area contributed by atoms with Crippen molar-refractivity contribution in [2.24, 2.45) is 0 Å². The Balaban J connectivity index is 1.54. The number of ether oxygens (including phenoxy) is 1. The molecule has 2 aliphatic rings. The Bertz CT molecular complexity index is 898. The van der Waals surface area contributed by atoms with E-state index < -0.39 is 18.0 Å². The van der Waals surface area contributed by atoms with Crippen molar-refractivity contribution in [3.63, 3.8) is 0 Å². The molecule has 0 atom stereocenters. The topological polar surface area (TPSA) is 72.9 Å². The Morgan fingerprint density at radius 3 is 2.00 bits per heavy atom. The number of amides is 2. The van der Waals surface area contributed by atoms with Gasteiger partial charge in [-0.15, -0.1) is 0 Å². The van der Waals surface area contributed by atoms with Crippen LogP contribution in [0.3, 0.4) is 0 Å². The molecule has 2 aromatic rings. The summed E-state index contributed by atoms with van der Waals surface area (Å²) in [5.41, 5.74) is 6.69. The first-order valence-corrected chi connectivity index (χ1v) is 8.86. The maximum absolute atomic E-state index is 12.0. The highest BCUT2D eigenvalue weighted by molar-refractivity contribution is 6.01. The first kappa shape index (κ1) is 17.3. The van der Waals surface area contributed by atoms with Crippen molar-refractivity contribution in [3.05, 3.63) is 58.7 Å². The predicted octanol–water partition coefficient (Wildman–Crippen LogP) is 3.63. The lowest BCUT2D eigenvalue weighted by Crippen LogP contribution is -2.32. The number of hydrogen-bond acceptors (Lipinski definition) is 5. The standard InChI is InChI=1S/C21H19NO5/c1-12-3-5-14-15-6-4-13(2)10-17(15)18(16(14)9-12)11-26-21(25)27-22-19(23)7-8-20(22)24/h3-6,9-10,18H,7-8,11H2,1-2H3. The molecule has 6 heteroatoms. The smallest absolute Gasteiger partial charge is 0.432 e. The number of benzene rings is 2. The van der Waals surface area contributed by atoms with Gasteiger partial charge in [-0.2, -0.15) is 0 Å². The van der Waals surface area contributed by atoms with Gasteiger partial charge in [0, 0.05) is 18.8 Å². The van der Waals surface area contributed by atoms with Crippen molar-refractivity contribution in [1.29, 1.82) is 0 Å². The van der Waals surface area contributed by atoms with Crippen LogP contribution in [0.25, 0.3) is 11.1 Å². The van der Waals surface area contributed by atoms with Crippen LogP contribution < -0.4 is 0 Å². The van der Waals surface area contributed by atoms with Crippen LogP contribution in [0.5, 0.6) is 0 Å². The van der Waals surface area contributed by atoms with Gasteiger partial charge in [-0.25, -0.2) is 4.79 Å². The van der Waals surface area contributed by atoms with Crippen LogP contribution in [-0.4, -0.2) is 29.6 Å². The molecule has 0 spiro atoms. The van der Waals surface area contributed by atoms with Crippen LogP contribution in [0, 0.1) is 13.8 Å². The Morgan fingerprint density at radius 1 is 0.963 bits per heavy atom. The molecule has 138 valence electrons. The first-order valence-electron chi connectivity index (χ1n) is 8.86. The average Bonchev–Trinajstić information content (AvgIpc) is 3.10. The average molecular weight is 365 g/mol. The third kappa shape index (κ3) is 3.07. The Labute approximate surface area is 156 Å². The largest absolute Gasteiger partial charge is 0.533 e. The molecule has 2 aromatic carbocycles. The summed E-state index contributed by atoms with van der Waals surface area (Å²) >= 11 is 0. The minimum atomic E-state index is -1.05. The van der Waals surface area contributed by atoms with Gasteiger partial charge in [-0.3, -0.25) is 14.4 Å². The van der Waals surface area contributed by atoms with Crippen LogP contribution in [-0.2, 0) is 19.2 Å². The normalized spacial score (nSPS) is 15.7. The van der Waals surface area contributed by atoms with E-state index in [1.54, 1.807) is 0 Å². The third-order valence-electron chi connectivity index (χ3n) is 4.99. The summed E-state index contributed by atoms with van der Waals surface area (Å²) in [4.78, 5) is 39.9. The van der Waals surface area contributed by atoms with E-state index in [1.165, 1.54) is 0 Å². The summed E-state index contributed by atoms with van der Waals surface area (Å²) in [6.07, 6.45) is -0.948. The molecule has 0 unspecified atom stereocenters. The zero-order valence-corrected chi connectivity index (χ0v) is 15.2. The number of fused-ring (bicyclic) bond motifs is 3. The SMILES string of the molecule is Cc1ccc2c(c1)C(COC(=O)ON1C(=O)CCC1=O)c1cc(C)ccc1-2. The fourth-order valence-electron chi connectivity index (χ4n) is 3.69. The van der Waals surface area contributed by atoms with Crippen molar-refractivity contribution in [3.8, 4) is 11.1 Å². The van der Waals surface area contributed by atoms with E-state index in [2.05, 4.69) is 36.4 Å². The van der Waals surface area contributed by atoms with Gasteiger partial charge in [0.2, 0.25) is 0 Å². The van der Waals surface area contributed by atoms with Gasteiger partial charge in [-0.1, -0.05) is 52.6 Å². The molecule has 0 radical (unpaired) electrons. The molecule has 0 saturated carbocycles. The van der Waals surface area contributed by atoms with Gasteiger partial charge in [0.1, 0.15) is 6.61 Å². The van der Waals surface area contributed by atoms with Gasteiger partial charge >= 0.3 is 6.16 Å². The number of imide groups is 1. The molecule has 1 saturated heterocycles. The molecule has 0 aromatic heterocycles. The van der Waals surface area contributed by atoms with Crippen molar-refractivity contribution in [2.75, 3.05) is 6.61 Å². The molecular formula is C21H19NO5. The number of hydrogen-bond donors (Lipinski definition) is 0. The van der Waals surface area contributed by atoms with E-state index in [1.807, 2.05) is 13.8 Å². The number of rotatable bonds is 3. The number of nitrogens with zero attached hydrogens (tertiary/aromatic N) is 1. The van der Waals surface area contributed by atoms with Crippen molar-refractivity contribution in [1.82, 2.24) is 5.06 Å². The van der Waals surface area contributed by atoms with Crippen LogP contribution in [0.15, 0.2) is 36.4 Å². The van der Waals surface area contributed by atoms with Crippen molar-refractivity contribution in [2.45, 2.75) is 32.6 Å². The summed E-state index contributed by atoms with van der Waals surface area (Å²) in [6, 6.07) is 12.5. The monoisotopic (exact) mass is 365 g/mol. The summed E-state index contributed by atoms with van der Waals surface area (Å²) in [7, 11) is 0. The lowest BCUT2D eigenvalue weighted by Gasteiger charge is -2.16.